The highest BCUT2D eigenvalue weighted by Gasteiger charge is 2.24. The summed E-state index contributed by atoms with van der Waals surface area (Å²) >= 11 is 6.41. The van der Waals surface area contributed by atoms with E-state index in [4.69, 9.17) is 35.3 Å². The lowest BCUT2D eigenvalue weighted by atomic mass is 10.1. The Kier molecular flexibility index (Phi) is 11.3. The fraction of sp³-hybridized carbons (Fsp3) is 0.526. The average Bonchev–Trinajstić information content (AvgIpc) is 2.63. The molecule has 0 heterocycles. The summed E-state index contributed by atoms with van der Waals surface area (Å²) in [6.07, 6.45) is 5.65. The van der Waals surface area contributed by atoms with Crippen molar-refractivity contribution in [2.24, 2.45) is 0 Å². The monoisotopic (exact) mass is 419 g/mol. The normalized spacial score (nSPS) is 10.7. The number of carbonyl (C=O) groups excluding carboxylic acids is 1. The predicted octanol–water partition coefficient (Wildman–Crippen LogP) is 3.76. The van der Waals surface area contributed by atoms with Crippen LogP contribution in [0.4, 0.5) is 0 Å². The zero-order chi connectivity index (χ0) is 20.2. The van der Waals surface area contributed by atoms with E-state index in [-0.39, 0.29) is 40.8 Å². The number of esters is 1. The van der Waals surface area contributed by atoms with Crippen molar-refractivity contribution in [1.82, 2.24) is 0 Å². The molecule has 0 radical (unpaired) electrons. The van der Waals surface area contributed by atoms with Crippen LogP contribution in [0.5, 0.6) is 11.5 Å². The molecule has 0 unspecified atom stereocenters. The molecule has 0 saturated heterocycles. The Hall–Kier alpha value is -1.41. The molecule has 0 aliphatic rings. The summed E-state index contributed by atoms with van der Waals surface area (Å²) in [5.41, 5.74) is 0.583. The first-order valence-corrected chi connectivity index (χ1v) is 11.2. The van der Waals surface area contributed by atoms with Gasteiger partial charge >= 0.3 is 5.97 Å². The minimum absolute atomic E-state index is 0.0206. The molecule has 0 saturated carbocycles. The number of halogens is 1. The molecule has 8 heteroatoms. The third-order valence-corrected chi connectivity index (χ3v) is 4.74. The lowest BCUT2D eigenvalue weighted by Gasteiger charge is -2.17. The molecule has 1 rings (SSSR count). The van der Waals surface area contributed by atoms with Crippen LogP contribution in [-0.4, -0.2) is 57.6 Å². The van der Waals surface area contributed by atoms with Gasteiger partial charge in [-0.2, -0.15) is 0 Å². The van der Waals surface area contributed by atoms with E-state index in [0.717, 1.165) is 5.75 Å². The fourth-order valence-corrected chi connectivity index (χ4v) is 2.70. The van der Waals surface area contributed by atoms with Crippen LogP contribution in [0.1, 0.15) is 29.8 Å². The standard InChI is InChI=1S/C19H28ClO6S/c1-6-14-17(19(21)24-9-10-27(4)5)15(25-12-22-7-2)11-16(18(14)20)26-13-23-8-3/h6,11H,1,7-10,12-13H2,2-5H3/q+1. The first-order chi connectivity index (χ1) is 13.0. The van der Waals surface area contributed by atoms with Crippen molar-refractivity contribution in [3.63, 3.8) is 0 Å². The molecule has 6 nitrogen and oxygen atoms in total. The SMILES string of the molecule is C=Cc1c(Cl)c(OCOCC)cc(OCOCC)c1C(=O)OCC[S+](C)C. The lowest BCUT2D eigenvalue weighted by Crippen LogP contribution is -2.17. The minimum Gasteiger partial charge on any atom is -0.466 e. The van der Waals surface area contributed by atoms with Crippen molar-refractivity contribution in [3.8, 4) is 11.5 Å². The third kappa shape index (κ3) is 7.62. The molecular formula is C19H28ClO6S+. The maximum absolute atomic E-state index is 12.7. The molecule has 0 fully saturated rings. The van der Waals surface area contributed by atoms with E-state index in [2.05, 4.69) is 19.1 Å². The number of hydrogen-bond acceptors (Lipinski definition) is 6. The zero-order valence-corrected chi connectivity index (χ0v) is 17.9. The van der Waals surface area contributed by atoms with Gasteiger partial charge in [-0.15, -0.1) is 0 Å². The molecule has 1 aromatic rings. The van der Waals surface area contributed by atoms with Crippen LogP contribution in [0, 0.1) is 0 Å². The van der Waals surface area contributed by atoms with E-state index in [1.807, 2.05) is 13.8 Å². The second-order valence-corrected chi connectivity index (χ2v) is 8.27. The fourth-order valence-electron chi connectivity index (χ4n) is 2.00. The molecule has 0 atom stereocenters. The third-order valence-electron chi connectivity index (χ3n) is 3.37. The van der Waals surface area contributed by atoms with E-state index in [9.17, 15) is 4.79 Å². The van der Waals surface area contributed by atoms with E-state index in [1.54, 1.807) is 0 Å². The van der Waals surface area contributed by atoms with Crippen molar-refractivity contribution < 1.29 is 28.5 Å². The molecule has 0 aliphatic heterocycles. The summed E-state index contributed by atoms with van der Waals surface area (Å²) in [7, 11) is 0.172. The maximum Gasteiger partial charge on any atom is 0.342 e. The average molecular weight is 420 g/mol. The van der Waals surface area contributed by atoms with Gasteiger partial charge in [-0.1, -0.05) is 24.3 Å². The number of ether oxygens (including phenoxy) is 5. The quantitative estimate of drug-likeness (QED) is 0.210. The van der Waals surface area contributed by atoms with Crippen molar-refractivity contribution in [2.45, 2.75) is 13.8 Å². The summed E-state index contributed by atoms with van der Waals surface area (Å²) in [5, 5.41) is 0.242. The summed E-state index contributed by atoms with van der Waals surface area (Å²) < 4.78 is 27.0. The van der Waals surface area contributed by atoms with Crippen LogP contribution in [0.2, 0.25) is 5.02 Å². The second kappa shape index (κ2) is 12.9. The van der Waals surface area contributed by atoms with E-state index in [0.29, 0.717) is 31.1 Å². The van der Waals surface area contributed by atoms with Gasteiger partial charge < -0.3 is 23.7 Å². The summed E-state index contributed by atoms with van der Waals surface area (Å²) in [6, 6.07) is 1.54. The predicted molar refractivity (Wildman–Crippen MR) is 110 cm³/mol. The molecular weight excluding hydrogens is 392 g/mol. The van der Waals surface area contributed by atoms with E-state index < -0.39 is 5.97 Å². The zero-order valence-electron chi connectivity index (χ0n) is 16.3. The van der Waals surface area contributed by atoms with Gasteiger partial charge in [0.2, 0.25) is 0 Å². The first kappa shape index (κ1) is 23.6. The summed E-state index contributed by atoms with van der Waals surface area (Å²) in [4.78, 5) is 12.7. The Morgan fingerprint density at radius 3 is 2.26 bits per heavy atom. The van der Waals surface area contributed by atoms with Gasteiger partial charge in [-0.3, -0.25) is 0 Å². The molecule has 152 valence electrons. The lowest BCUT2D eigenvalue weighted by molar-refractivity contribution is 0.0172. The van der Waals surface area contributed by atoms with Crippen molar-refractivity contribution in [3.05, 3.63) is 28.8 Å². The Balaban J connectivity index is 3.19. The van der Waals surface area contributed by atoms with Gasteiger partial charge in [0.15, 0.2) is 13.6 Å². The van der Waals surface area contributed by atoms with Crippen LogP contribution >= 0.6 is 11.6 Å². The van der Waals surface area contributed by atoms with E-state index in [1.165, 1.54) is 12.1 Å². The molecule has 0 bridgehead atoms. The van der Waals surface area contributed by atoms with Crippen LogP contribution in [0.3, 0.4) is 0 Å². The highest BCUT2D eigenvalue weighted by molar-refractivity contribution is 7.95. The Morgan fingerprint density at radius 2 is 1.74 bits per heavy atom. The number of rotatable bonds is 13. The largest absolute Gasteiger partial charge is 0.466 e. The number of carbonyl (C=O) groups is 1. The Bertz CT molecular complexity index is 621. The Labute approximate surface area is 169 Å². The smallest absolute Gasteiger partial charge is 0.342 e. The van der Waals surface area contributed by atoms with Crippen LogP contribution in [0.25, 0.3) is 6.08 Å². The molecule has 0 N–H and O–H groups in total. The van der Waals surface area contributed by atoms with Gasteiger partial charge in [-0.25, -0.2) is 4.79 Å². The molecule has 1 aromatic carbocycles. The van der Waals surface area contributed by atoms with Gasteiger partial charge in [0.05, 0.1) is 17.5 Å². The van der Waals surface area contributed by atoms with Gasteiger partial charge in [0, 0.05) is 24.8 Å². The summed E-state index contributed by atoms with van der Waals surface area (Å²) in [6.45, 7) is 8.75. The highest BCUT2D eigenvalue weighted by atomic mass is 35.5. The van der Waals surface area contributed by atoms with Gasteiger partial charge in [-0.05, 0) is 24.7 Å². The molecule has 27 heavy (non-hydrogen) atoms. The second-order valence-electron chi connectivity index (χ2n) is 5.52. The molecule has 0 aromatic heterocycles. The molecule has 0 spiro atoms. The first-order valence-electron chi connectivity index (χ1n) is 8.57. The van der Waals surface area contributed by atoms with E-state index >= 15 is 0 Å². The molecule has 0 aliphatic carbocycles. The Morgan fingerprint density at radius 1 is 1.15 bits per heavy atom. The van der Waals surface area contributed by atoms with Crippen molar-refractivity contribution in [1.29, 1.82) is 0 Å². The van der Waals surface area contributed by atoms with Gasteiger partial charge in [0.1, 0.15) is 29.4 Å². The highest BCUT2D eigenvalue weighted by Crippen LogP contribution is 2.38. The van der Waals surface area contributed by atoms with Crippen molar-refractivity contribution >= 4 is 34.5 Å². The maximum atomic E-state index is 12.7. The topological polar surface area (TPSA) is 63.2 Å². The van der Waals surface area contributed by atoms with Crippen molar-refractivity contribution in [2.75, 3.05) is 51.7 Å². The molecule has 0 amide bonds. The van der Waals surface area contributed by atoms with Crippen LogP contribution < -0.4 is 9.47 Å². The van der Waals surface area contributed by atoms with Gasteiger partial charge in [0.25, 0.3) is 0 Å². The van der Waals surface area contributed by atoms with Crippen LogP contribution in [0.15, 0.2) is 12.6 Å². The summed E-state index contributed by atoms with van der Waals surface area (Å²) in [5.74, 6) is 0.839. The minimum atomic E-state index is -0.528. The number of hydrogen-bond donors (Lipinski definition) is 0. The number of benzene rings is 1. The van der Waals surface area contributed by atoms with Crippen LogP contribution in [-0.2, 0) is 25.1 Å².